The molecular formula is C16H25N3O3. The summed E-state index contributed by atoms with van der Waals surface area (Å²) in [7, 11) is 5.30. The van der Waals surface area contributed by atoms with Crippen LogP contribution in [-0.4, -0.2) is 44.7 Å². The second kappa shape index (κ2) is 9.04. The van der Waals surface area contributed by atoms with Gasteiger partial charge in [-0.15, -0.1) is 0 Å². The molecule has 22 heavy (non-hydrogen) atoms. The van der Waals surface area contributed by atoms with Crippen LogP contribution in [0, 0.1) is 6.92 Å². The molecule has 0 spiro atoms. The molecule has 0 fully saturated rings. The van der Waals surface area contributed by atoms with E-state index in [1.54, 1.807) is 0 Å². The third-order valence-corrected chi connectivity index (χ3v) is 3.06. The Labute approximate surface area is 131 Å². The van der Waals surface area contributed by atoms with Crippen molar-refractivity contribution in [3.63, 3.8) is 0 Å². The number of ether oxygens (including phenoxy) is 1. The van der Waals surface area contributed by atoms with Gasteiger partial charge in [0.25, 0.3) is 0 Å². The SMILES string of the molecule is COC(=O)NCCCC(=O)Nc1ccc(C)cc1CN(C)C. The van der Waals surface area contributed by atoms with Crippen molar-refractivity contribution in [2.24, 2.45) is 0 Å². The molecule has 0 saturated heterocycles. The van der Waals surface area contributed by atoms with E-state index in [0.717, 1.165) is 23.4 Å². The molecule has 1 rings (SSSR count). The second-order valence-corrected chi connectivity index (χ2v) is 5.47. The van der Waals surface area contributed by atoms with Gasteiger partial charge < -0.3 is 20.3 Å². The number of aryl methyl sites for hydroxylation is 1. The lowest BCUT2D eigenvalue weighted by Gasteiger charge is -2.16. The van der Waals surface area contributed by atoms with E-state index in [9.17, 15) is 9.59 Å². The number of amides is 2. The zero-order valence-corrected chi connectivity index (χ0v) is 13.7. The highest BCUT2D eigenvalue weighted by Crippen LogP contribution is 2.19. The molecule has 0 saturated carbocycles. The van der Waals surface area contributed by atoms with Crippen LogP contribution in [0.1, 0.15) is 24.0 Å². The van der Waals surface area contributed by atoms with Crippen molar-refractivity contribution in [2.45, 2.75) is 26.3 Å². The van der Waals surface area contributed by atoms with Crippen molar-refractivity contribution in [3.8, 4) is 0 Å². The number of methoxy groups -OCH3 is 1. The van der Waals surface area contributed by atoms with Gasteiger partial charge in [-0.1, -0.05) is 17.7 Å². The van der Waals surface area contributed by atoms with Gasteiger partial charge in [-0.25, -0.2) is 4.79 Å². The van der Waals surface area contributed by atoms with E-state index in [4.69, 9.17) is 0 Å². The highest BCUT2D eigenvalue weighted by molar-refractivity contribution is 5.91. The Morgan fingerprint density at radius 1 is 1.27 bits per heavy atom. The van der Waals surface area contributed by atoms with E-state index < -0.39 is 6.09 Å². The Balaban J connectivity index is 2.51. The maximum atomic E-state index is 12.0. The van der Waals surface area contributed by atoms with Crippen LogP contribution in [0.15, 0.2) is 18.2 Å². The Hall–Kier alpha value is -2.08. The predicted molar refractivity (Wildman–Crippen MR) is 86.8 cm³/mol. The number of alkyl carbamates (subject to hydrolysis) is 1. The highest BCUT2D eigenvalue weighted by Gasteiger charge is 2.08. The minimum absolute atomic E-state index is 0.0597. The lowest BCUT2D eigenvalue weighted by Crippen LogP contribution is -2.25. The van der Waals surface area contributed by atoms with E-state index in [-0.39, 0.29) is 5.91 Å². The third-order valence-electron chi connectivity index (χ3n) is 3.06. The van der Waals surface area contributed by atoms with E-state index >= 15 is 0 Å². The molecule has 2 amide bonds. The number of nitrogens with one attached hydrogen (secondary N) is 2. The first kappa shape index (κ1) is 18.0. The van der Waals surface area contributed by atoms with Crippen molar-refractivity contribution < 1.29 is 14.3 Å². The van der Waals surface area contributed by atoms with Gasteiger partial charge in [0.1, 0.15) is 0 Å². The largest absolute Gasteiger partial charge is 0.453 e. The van der Waals surface area contributed by atoms with Crippen LogP contribution in [-0.2, 0) is 16.1 Å². The molecule has 0 aliphatic carbocycles. The summed E-state index contributed by atoms with van der Waals surface area (Å²) >= 11 is 0. The summed E-state index contributed by atoms with van der Waals surface area (Å²) in [6.07, 6.45) is 0.432. The summed E-state index contributed by atoms with van der Waals surface area (Å²) in [5, 5.41) is 5.48. The Morgan fingerprint density at radius 2 is 2.00 bits per heavy atom. The van der Waals surface area contributed by atoms with Crippen LogP contribution in [0.3, 0.4) is 0 Å². The lowest BCUT2D eigenvalue weighted by molar-refractivity contribution is -0.116. The fourth-order valence-corrected chi connectivity index (χ4v) is 2.04. The average molecular weight is 307 g/mol. The molecule has 0 radical (unpaired) electrons. The van der Waals surface area contributed by atoms with Crippen LogP contribution in [0.25, 0.3) is 0 Å². The number of benzene rings is 1. The smallest absolute Gasteiger partial charge is 0.406 e. The van der Waals surface area contributed by atoms with Crippen molar-refractivity contribution in [2.75, 3.05) is 33.1 Å². The van der Waals surface area contributed by atoms with Crippen molar-refractivity contribution in [1.82, 2.24) is 10.2 Å². The number of anilines is 1. The first-order valence-electron chi connectivity index (χ1n) is 7.28. The lowest BCUT2D eigenvalue weighted by atomic mass is 10.1. The molecule has 0 heterocycles. The average Bonchev–Trinajstić information content (AvgIpc) is 2.45. The highest BCUT2D eigenvalue weighted by atomic mass is 16.5. The van der Waals surface area contributed by atoms with Crippen molar-refractivity contribution >= 4 is 17.7 Å². The zero-order valence-electron chi connectivity index (χ0n) is 13.7. The molecule has 1 aromatic rings. The number of hydrogen-bond acceptors (Lipinski definition) is 4. The van der Waals surface area contributed by atoms with Crippen LogP contribution < -0.4 is 10.6 Å². The van der Waals surface area contributed by atoms with E-state index in [1.165, 1.54) is 7.11 Å². The number of nitrogens with zero attached hydrogens (tertiary/aromatic N) is 1. The fraction of sp³-hybridized carbons (Fsp3) is 0.500. The maximum absolute atomic E-state index is 12.0. The molecule has 0 aromatic heterocycles. The van der Waals surface area contributed by atoms with Crippen molar-refractivity contribution in [3.05, 3.63) is 29.3 Å². The summed E-state index contributed by atoms with van der Waals surface area (Å²) in [5.41, 5.74) is 3.09. The molecule has 0 aliphatic heterocycles. The first-order valence-corrected chi connectivity index (χ1v) is 7.28. The molecular weight excluding hydrogens is 282 g/mol. The molecule has 6 heteroatoms. The van der Waals surface area contributed by atoms with Crippen LogP contribution in [0.5, 0.6) is 0 Å². The van der Waals surface area contributed by atoms with E-state index in [0.29, 0.717) is 19.4 Å². The molecule has 1 aromatic carbocycles. The molecule has 0 atom stereocenters. The monoisotopic (exact) mass is 307 g/mol. The van der Waals surface area contributed by atoms with Crippen LogP contribution in [0.2, 0.25) is 0 Å². The maximum Gasteiger partial charge on any atom is 0.406 e. The van der Waals surface area contributed by atoms with Gasteiger partial charge in [0.15, 0.2) is 0 Å². The quantitative estimate of drug-likeness (QED) is 0.757. The standard InChI is InChI=1S/C16H25N3O3/c1-12-7-8-14(13(10-12)11-19(2)3)18-15(20)6-5-9-17-16(21)22-4/h7-8,10H,5-6,9,11H2,1-4H3,(H,17,21)(H,18,20). The molecule has 0 aliphatic rings. The van der Waals surface area contributed by atoms with Gasteiger partial charge in [0.2, 0.25) is 5.91 Å². The molecule has 0 bridgehead atoms. The predicted octanol–water partition coefficient (Wildman–Crippen LogP) is 2.13. The number of rotatable bonds is 7. The molecule has 0 unspecified atom stereocenters. The summed E-state index contributed by atoms with van der Waals surface area (Å²) in [6.45, 7) is 3.21. The van der Waals surface area contributed by atoms with Gasteiger partial charge in [0.05, 0.1) is 7.11 Å². The van der Waals surface area contributed by atoms with E-state index in [1.807, 2.05) is 33.2 Å². The van der Waals surface area contributed by atoms with Gasteiger partial charge in [0, 0.05) is 25.2 Å². The van der Waals surface area contributed by atoms with E-state index in [2.05, 4.69) is 26.3 Å². The number of carbonyl (C=O) groups excluding carboxylic acids is 2. The first-order chi connectivity index (χ1) is 10.4. The van der Waals surface area contributed by atoms with Crippen LogP contribution in [0.4, 0.5) is 10.5 Å². The molecule has 122 valence electrons. The topological polar surface area (TPSA) is 70.7 Å². The fourth-order valence-electron chi connectivity index (χ4n) is 2.04. The minimum atomic E-state index is -0.479. The summed E-state index contributed by atoms with van der Waals surface area (Å²) in [6, 6.07) is 5.99. The van der Waals surface area contributed by atoms with Crippen molar-refractivity contribution in [1.29, 1.82) is 0 Å². The summed E-state index contributed by atoms with van der Waals surface area (Å²) in [5.74, 6) is -0.0597. The zero-order chi connectivity index (χ0) is 16.5. The van der Waals surface area contributed by atoms with Gasteiger partial charge >= 0.3 is 6.09 Å². The van der Waals surface area contributed by atoms with Crippen LogP contribution >= 0.6 is 0 Å². The Kier molecular flexibility index (Phi) is 7.39. The van der Waals surface area contributed by atoms with Gasteiger partial charge in [-0.2, -0.15) is 0 Å². The summed E-state index contributed by atoms with van der Waals surface area (Å²) in [4.78, 5) is 24.9. The molecule has 6 nitrogen and oxygen atoms in total. The Morgan fingerprint density at radius 3 is 2.64 bits per heavy atom. The summed E-state index contributed by atoms with van der Waals surface area (Å²) < 4.78 is 4.46. The minimum Gasteiger partial charge on any atom is -0.453 e. The normalized spacial score (nSPS) is 10.4. The second-order valence-electron chi connectivity index (χ2n) is 5.47. The van der Waals surface area contributed by atoms with Gasteiger partial charge in [-0.05, 0) is 39.1 Å². The number of carbonyl (C=O) groups is 2. The van der Waals surface area contributed by atoms with Gasteiger partial charge in [-0.3, -0.25) is 4.79 Å². The Bertz CT molecular complexity index is 515. The number of hydrogen-bond donors (Lipinski definition) is 2. The molecule has 2 N–H and O–H groups in total. The third kappa shape index (κ3) is 6.58.